The average Bonchev–Trinajstić information content (AvgIpc) is 2.39. The van der Waals surface area contributed by atoms with Crippen LogP contribution >= 0.6 is 15.9 Å². The second kappa shape index (κ2) is 6.29. The number of pyridine rings is 1. The zero-order chi connectivity index (χ0) is 14.5. The Hall–Kier alpha value is -2.21. The molecule has 0 aliphatic carbocycles. The number of aromatic nitrogens is 1. The number of hydrogen-bond acceptors (Lipinski definition) is 3. The van der Waals surface area contributed by atoms with E-state index in [1.807, 2.05) is 0 Å². The highest BCUT2D eigenvalue weighted by Crippen LogP contribution is 2.28. The number of hydrogen-bond donors (Lipinski definition) is 1. The maximum absolute atomic E-state index is 13.2. The molecule has 1 aromatic carbocycles. The topological polar surface area (TPSA) is 59.4 Å². The Morgan fingerprint density at radius 3 is 2.85 bits per heavy atom. The average molecular weight is 338 g/mol. The SMILES string of the molecule is O=C(O)C=Cc1cc(F)ccc1Oc1cncc(Br)c1. The minimum Gasteiger partial charge on any atom is -0.478 e. The predicted molar refractivity (Wildman–Crippen MR) is 75.1 cm³/mol. The zero-order valence-corrected chi connectivity index (χ0v) is 11.7. The lowest BCUT2D eigenvalue weighted by atomic mass is 10.2. The molecule has 0 bridgehead atoms. The fourth-order valence-electron chi connectivity index (χ4n) is 1.48. The van der Waals surface area contributed by atoms with Crippen molar-refractivity contribution in [2.75, 3.05) is 0 Å². The second-order valence-electron chi connectivity index (χ2n) is 3.79. The summed E-state index contributed by atoms with van der Waals surface area (Å²) in [4.78, 5) is 14.5. The molecule has 0 saturated heterocycles. The van der Waals surface area contributed by atoms with Crippen LogP contribution in [0.2, 0.25) is 0 Å². The lowest BCUT2D eigenvalue weighted by molar-refractivity contribution is -0.131. The van der Waals surface area contributed by atoms with Crippen molar-refractivity contribution in [2.45, 2.75) is 0 Å². The molecule has 1 heterocycles. The summed E-state index contributed by atoms with van der Waals surface area (Å²) >= 11 is 3.26. The molecule has 0 spiro atoms. The molecule has 2 rings (SSSR count). The third-order valence-corrected chi connectivity index (χ3v) is 2.72. The van der Waals surface area contributed by atoms with Crippen molar-refractivity contribution >= 4 is 28.0 Å². The highest BCUT2D eigenvalue weighted by atomic mass is 79.9. The van der Waals surface area contributed by atoms with Crippen LogP contribution in [-0.4, -0.2) is 16.1 Å². The highest BCUT2D eigenvalue weighted by Gasteiger charge is 2.06. The van der Waals surface area contributed by atoms with Crippen molar-refractivity contribution in [3.8, 4) is 11.5 Å². The van der Waals surface area contributed by atoms with Crippen molar-refractivity contribution in [3.05, 3.63) is 58.6 Å². The van der Waals surface area contributed by atoms with Gasteiger partial charge in [-0.05, 0) is 46.3 Å². The van der Waals surface area contributed by atoms with Crippen LogP contribution in [0.4, 0.5) is 4.39 Å². The minimum absolute atomic E-state index is 0.326. The lowest BCUT2D eigenvalue weighted by Crippen LogP contribution is -1.91. The molecule has 0 radical (unpaired) electrons. The molecule has 1 N–H and O–H groups in total. The van der Waals surface area contributed by atoms with E-state index in [0.717, 1.165) is 10.5 Å². The zero-order valence-electron chi connectivity index (χ0n) is 10.1. The quantitative estimate of drug-likeness (QED) is 0.860. The predicted octanol–water partition coefficient (Wildman–Crippen LogP) is 3.87. The number of carbonyl (C=O) groups is 1. The molecular formula is C14H9BrFNO3. The normalized spacial score (nSPS) is 10.7. The van der Waals surface area contributed by atoms with Gasteiger partial charge in [-0.1, -0.05) is 0 Å². The van der Waals surface area contributed by atoms with E-state index in [9.17, 15) is 9.18 Å². The van der Waals surface area contributed by atoms with Gasteiger partial charge in [-0.25, -0.2) is 9.18 Å². The third-order valence-electron chi connectivity index (χ3n) is 2.28. The number of ether oxygens (including phenoxy) is 1. The molecule has 0 aliphatic rings. The van der Waals surface area contributed by atoms with Crippen LogP contribution in [-0.2, 0) is 4.79 Å². The number of halogens is 2. The largest absolute Gasteiger partial charge is 0.478 e. The number of aliphatic carboxylic acids is 1. The first-order valence-electron chi connectivity index (χ1n) is 5.53. The van der Waals surface area contributed by atoms with E-state index in [0.29, 0.717) is 17.1 Å². The Morgan fingerprint density at radius 2 is 2.15 bits per heavy atom. The lowest BCUT2D eigenvalue weighted by Gasteiger charge is -2.08. The summed E-state index contributed by atoms with van der Waals surface area (Å²) in [5, 5.41) is 8.62. The number of benzene rings is 1. The summed E-state index contributed by atoms with van der Waals surface area (Å²) in [5.41, 5.74) is 0.326. The van der Waals surface area contributed by atoms with Crippen LogP contribution in [0.3, 0.4) is 0 Å². The van der Waals surface area contributed by atoms with Gasteiger partial charge in [-0.3, -0.25) is 4.98 Å². The van der Waals surface area contributed by atoms with Crippen molar-refractivity contribution in [1.29, 1.82) is 0 Å². The van der Waals surface area contributed by atoms with Crippen LogP contribution in [0, 0.1) is 5.82 Å². The van der Waals surface area contributed by atoms with Crippen LogP contribution in [0.15, 0.2) is 47.2 Å². The molecule has 0 saturated carbocycles. The van der Waals surface area contributed by atoms with E-state index in [-0.39, 0.29) is 0 Å². The summed E-state index contributed by atoms with van der Waals surface area (Å²) in [7, 11) is 0. The van der Waals surface area contributed by atoms with Crippen molar-refractivity contribution in [3.63, 3.8) is 0 Å². The van der Waals surface area contributed by atoms with Crippen molar-refractivity contribution in [1.82, 2.24) is 4.98 Å². The van der Waals surface area contributed by atoms with Gasteiger partial charge in [0.05, 0.1) is 6.20 Å². The van der Waals surface area contributed by atoms with Gasteiger partial charge >= 0.3 is 5.97 Å². The molecular weight excluding hydrogens is 329 g/mol. The van der Waals surface area contributed by atoms with E-state index in [1.165, 1.54) is 30.5 Å². The van der Waals surface area contributed by atoms with E-state index < -0.39 is 11.8 Å². The van der Waals surface area contributed by atoms with E-state index >= 15 is 0 Å². The van der Waals surface area contributed by atoms with Gasteiger partial charge in [0.25, 0.3) is 0 Å². The maximum atomic E-state index is 13.2. The minimum atomic E-state index is -1.12. The summed E-state index contributed by atoms with van der Waals surface area (Å²) < 4.78 is 19.5. The highest BCUT2D eigenvalue weighted by molar-refractivity contribution is 9.10. The molecule has 6 heteroatoms. The molecule has 0 atom stereocenters. The first kappa shape index (κ1) is 14.2. The fraction of sp³-hybridized carbons (Fsp3) is 0. The van der Waals surface area contributed by atoms with Gasteiger partial charge in [0.15, 0.2) is 0 Å². The third kappa shape index (κ3) is 3.89. The van der Waals surface area contributed by atoms with Crippen molar-refractivity contribution in [2.24, 2.45) is 0 Å². The molecule has 1 aromatic heterocycles. The molecule has 4 nitrogen and oxygen atoms in total. The first-order valence-corrected chi connectivity index (χ1v) is 6.33. The Labute approximate surface area is 122 Å². The number of carboxylic acids is 1. The van der Waals surface area contributed by atoms with E-state index in [4.69, 9.17) is 9.84 Å². The van der Waals surface area contributed by atoms with Gasteiger partial charge in [0, 0.05) is 22.3 Å². The van der Waals surface area contributed by atoms with E-state index in [2.05, 4.69) is 20.9 Å². The maximum Gasteiger partial charge on any atom is 0.328 e. The number of rotatable bonds is 4. The van der Waals surface area contributed by atoms with Gasteiger partial charge in [-0.2, -0.15) is 0 Å². The fourth-order valence-corrected chi connectivity index (χ4v) is 1.82. The molecule has 2 aromatic rings. The van der Waals surface area contributed by atoms with Crippen LogP contribution in [0.1, 0.15) is 5.56 Å². The Kier molecular flexibility index (Phi) is 4.47. The Balaban J connectivity index is 2.33. The van der Waals surface area contributed by atoms with Crippen LogP contribution in [0.25, 0.3) is 6.08 Å². The molecule has 0 amide bonds. The Morgan fingerprint density at radius 1 is 1.35 bits per heavy atom. The van der Waals surface area contributed by atoms with Gasteiger partial charge in [-0.15, -0.1) is 0 Å². The summed E-state index contributed by atoms with van der Waals surface area (Å²) in [6.45, 7) is 0. The standard InChI is InChI=1S/C14H9BrFNO3/c15-10-6-12(8-17-7-10)20-13-3-2-11(16)5-9(13)1-4-14(18)19/h1-8H,(H,18,19). The number of carboxylic acid groups (broad SMARTS) is 1. The van der Waals surface area contributed by atoms with Gasteiger partial charge in [0.2, 0.25) is 0 Å². The monoisotopic (exact) mass is 337 g/mol. The molecule has 20 heavy (non-hydrogen) atoms. The van der Waals surface area contributed by atoms with Crippen LogP contribution in [0.5, 0.6) is 11.5 Å². The summed E-state index contributed by atoms with van der Waals surface area (Å²) in [6.07, 6.45) is 5.29. The molecule has 0 unspecified atom stereocenters. The van der Waals surface area contributed by atoms with Crippen LogP contribution < -0.4 is 4.74 Å². The van der Waals surface area contributed by atoms with Crippen molar-refractivity contribution < 1.29 is 19.0 Å². The Bertz CT molecular complexity index is 673. The molecule has 0 aliphatic heterocycles. The van der Waals surface area contributed by atoms with Gasteiger partial charge < -0.3 is 9.84 Å². The van der Waals surface area contributed by atoms with E-state index in [1.54, 1.807) is 12.3 Å². The molecule has 102 valence electrons. The smallest absolute Gasteiger partial charge is 0.328 e. The first-order chi connectivity index (χ1) is 9.54. The summed E-state index contributed by atoms with van der Waals surface area (Å²) in [5.74, 6) is -0.807. The second-order valence-corrected chi connectivity index (χ2v) is 4.71. The summed E-state index contributed by atoms with van der Waals surface area (Å²) in [6, 6.07) is 5.55. The number of nitrogens with zero attached hydrogens (tertiary/aromatic N) is 1. The van der Waals surface area contributed by atoms with Gasteiger partial charge in [0.1, 0.15) is 17.3 Å². The molecule has 0 fully saturated rings.